The number of nitrogens with zero attached hydrogens (tertiary/aromatic N) is 3. The molecule has 0 aromatic heterocycles. The molecule has 0 N–H and O–H groups in total. The molecule has 0 spiro atoms. The van der Waals surface area contributed by atoms with Gasteiger partial charge in [0.2, 0.25) is 5.91 Å². The van der Waals surface area contributed by atoms with Crippen LogP contribution in [0.4, 0.5) is 17.1 Å². The number of esters is 1. The van der Waals surface area contributed by atoms with E-state index >= 15 is 0 Å². The molecule has 2 heterocycles. The van der Waals surface area contributed by atoms with Gasteiger partial charge in [-0.3, -0.25) is 29.3 Å². The highest BCUT2D eigenvalue weighted by molar-refractivity contribution is 6.56. The van der Waals surface area contributed by atoms with Crippen molar-refractivity contribution in [2.24, 2.45) is 5.92 Å². The molecule has 3 amide bonds. The molecular formula is C27H17Cl4N3O8. The van der Waals surface area contributed by atoms with Crippen LogP contribution in [0.1, 0.15) is 32.7 Å². The summed E-state index contributed by atoms with van der Waals surface area (Å²) in [7, 11) is 1.32. The van der Waals surface area contributed by atoms with Gasteiger partial charge in [0.05, 0.1) is 66.6 Å². The third-order valence-electron chi connectivity index (χ3n) is 6.85. The Bertz CT molecular complexity index is 1700. The highest BCUT2D eigenvalue weighted by Crippen LogP contribution is 2.46. The van der Waals surface area contributed by atoms with Gasteiger partial charge < -0.3 is 14.4 Å². The van der Waals surface area contributed by atoms with Crippen LogP contribution in [0, 0.1) is 23.0 Å². The lowest BCUT2D eigenvalue weighted by Crippen LogP contribution is -2.30. The predicted molar refractivity (Wildman–Crippen MR) is 155 cm³/mol. The molecule has 0 aliphatic carbocycles. The van der Waals surface area contributed by atoms with Crippen molar-refractivity contribution in [3.8, 4) is 11.5 Å². The number of imide groups is 1. The quantitative estimate of drug-likeness (QED) is 0.0577. The normalized spacial score (nSPS) is 16.2. The second-order valence-corrected chi connectivity index (χ2v) is 10.9. The van der Waals surface area contributed by atoms with E-state index in [0.717, 1.165) is 4.90 Å². The van der Waals surface area contributed by atoms with Crippen molar-refractivity contribution in [3.63, 3.8) is 0 Å². The topological polar surface area (TPSA) is 136 Å². The van der Waals surface area contributed by atoms with Crippen LogP contribution in [0.3, 0.4) is 0 Å². The summed E-state index contributed by atoms with van der Waals surface area (Å²) < 4.78 is 10.7. The second kappa shape index (κ2) is 11.1. The van der Waals surface area contributed by atoms with Crippen LogP contribution in [0.15, 0.2) is 36.4 Å². The number of aryl methyl sites for hydroxylation is 1. The number of benzene rings is 3. The summed E-state index contributed by atoms with van der Waals surface area (Å²) in [5.74, 6) is -3.20. The molecule has 216 valence electrons. The minimum absolute atomic E-state index is 0.0371. The highest BCUT2D eigenvalue weighted by atomic mass is 35.5. The van der Waals surface area contributed by atoms with Gasteiger partial charge in [0.25, 0.3) is 17.5 Å². The highest BCUT2D eigenvalue weighted by Gasteiger charge is 2.43. The number of ether oxygens (including phenoxy) is 2. The van der Waals surface area contributed by atoms with E-state index in [0.29, 0.717) is 5.56 Å². The number of methoxy groups -OCH3 is 1. The van der Waals surface area contributed by atoms with Crippen LogP contribution < -0.4 is 19.3 Å². The van der Waals surface area contributed by atoms with Crippen molar-refractivity contribution >= 4 is 87.2 Å². The Morgan fingerprint density at radius 2 is 1.52 bits per heavy atom. The van der Waals surface area contributed by atoms with E-state index in [2.05, 4.69) is 0 Å². The first-order chi connectivity index (χ1) is 19.8. The van der Waals surface area contributed by atoms with Crippen molar-refractivity contribution in [1.29, 1.82) is 0 Å². The number of non-ortho nitro benzene ring substituents is 1. The average Bonchev–Trinajstić information content (AvgIpc) is 3.47. The molecule has 1 atom stereocenters. The molecule has 2 aliphatic rings. The second-order valence-electron chi connectivity index (χ2n) is 9.34. The molecule has 1 saturated heterocycles. The van der Waals surface area contributed by atoms with Gasteiger partial charge in [-0.1, -0.05) is 46.4 Å². The van der Waals surface area contributed by atoms with Crippen molar-refractivity contribution < 1.29 is 33.6 Å². The lowest BCUT2D eigenvalue weighted by molar-refractivity contribution is -0.384. The zero-order chi connectivity index (χ0) is 30.6. The van der Waals surface area contributed by atoms with E-state index in [1.165, 1.54) is 48.4 Å². The lowest BCUT2D eigenvalue weighted by atomic mass is 10.1. The van der Waals surface area contributed by atoms with Gasteiger partial charge in [0.15, 0.2) is 0 Å². The van der Waals surface area contributed by atoms with Gasteiger partial charge in [-0.2, -0.15) is 0 Å². The Kier molecular flexibility index (Phi) is 7.80. The average molecular weight is 653 g/mol. The SMILES string of the molecule is COc1cc([N+](=O)[O-])ccc1N1C[C@@H](C(=O)Oc2ccc(N3C(=O)c4c(Cl)c(Cl)c(Cl)c(Cl)c4C3=O)c(C)c2)CC1=O. The van der Waals surface area contributed by atoms with E-state index in [4.69, 9.17) is 55.9 Å². The molecule has 1 fully saturated rings. The van der Waals surface area contributed by atoms with E-state index in [-0.39, 0.29) is 72.7 Å². The summed E-state index contributed by atoms with van der Waals surface area (Å²) >= 11 is 24.6. The molecule has 0 unspecified atom stereocenters. The number of nitro groups is 1. The summed E-state index contributed by atoms with van der Waals surface area (Å²) in [6.45, 7) is 1.56. The maximum atomic E-state index is 13.2. The maximum absolute atomic E-state index is 13.2. The monoisotopic (exact) mass is 651 g/mol. The van der Waals surface area contributed by atoms with Crippen molar-refractivity contribution in [2.75, 3.05) is 23.5 Å². The minimum Gasteiger partial charge on any atom is -0.494 e. The molecular weight excluding hydrogens is 636 g/mol. The van der Waals surface area contributed by atoms with Crippen LogP contribution in [-0.4, -0.2) is 42.3 Å². The molecule has 42 heavy (non-hydrogen) atoms. The van der Waals surface area contributed by atoms with Crippen molar-refractivity contribution in [3.05, 3.63) is 83.3 Å². The summed E-state index contributed by atoms with van der Waals surface area (Å²) in [6.07, 6.45) is -0.155. The largest absolute Gasteiger partial charge is 0.494 e. The third-order valence-corrected chi connectivity index (χ3v) is 8.65. The van der Waals surface area contributed by atoms with Gasteiger partial charge in [0.1, 0.15) is 11.5 Å². The van der Waals surface area contributed by atoms with Gasteiger partial charge in [-0.05, 0) is 36.8 Å². The fourth-order valence-electron chi connectivity index (χ4n) is 4.81. The molecule has 0 radical (unpaired) electrons. The summed E-state index contributed by atoms with van der Waals surface area (Å²) in [5, 5.41) is 10.4. The van der Waals surface area contributed by atoms with Gasteiger partial charge >= 0.3 is 5.97 Å². The summed E-state index contributed by atoms with van der Waals surface area (Å²) in [6, 6.07) is 8.07. The molecule has 3 aromatic carbocycles. The Labute approximate surface area is 257 Å². The first kappa shape index (κ1) is 29.6. The number of carbonyl (C=O) groups excluding carboxylic acids is 4. The van der Waals surface area contributed by atoms with E-state index in [9.17, 15) is 29.3 Å². The number of rotatable bonds is 6. The van der Waals surface area contributed by atoms with Gasteiger partial charge in [-0.25, -0.2) is 4.90 Å². The smallest absolute Gasteiger partial charge is 0.316 e. The number of hydrogen-bond acceptors (Lipinski definition) is 8. The molecule has 0 bridgehead atoms. The predicted octanol–water partition coefficient (Wildman–Crippen LogP) is 6.28. The molecule has 3 aromatic rings. The number of carbonyl (C=O) groups is 4. The Morgan fingerprint density at radius 3 is 2.07 bits per heavy atom. The van der Waals surface area contributed by atoms with E-state index < -0.39 is 34.5 Å². The fraction of sp³-hybridized carbons (Fsp3) is 0.185. The molecule has 11 nitrogen and oxygen atoms in total. The Hall–Kier alpha value is -3.90. The lowest BCUT2D eigenvalue weighted by Gasteiger charge is -2.19. The van der Waals surface area contributed by atoms with Crippen LogP contribution in [-0.2, 0) is 9.59 Å². The van der Waals surface area contributed by atoms with Crippen LogP contribution in [0.2, 0.25) is 20.1 Å². The Balaban J connectivity index is 1.34. The Morgan fingerprint density at radius 1 is 0.929 bits per heavy atom. The van der Waals surface area contributed by atoms with E-state index in [1.807, 2.05) is 0 Å². The zero-order valence-electron chi connectivity index (χ0n) is 21.6. The molecule has 2 aliphatic heterocycles. The number of hydrogen-bond donors (Lipinski definition) is 0. The van der Waals surface area contributed by atoms with Gasteiger partial charge in [-0.15, -0.1) is 0 Å². The minimum atomic E-state index is -0.840. The fourth-order valence-corrected chi connectivity index (χ4v) is 5.83. The number of fused-ring (bicyclic) bond motifs is 1. The zero-order valence-corrected chi connectivity index (χ0v) is 24.6. The number of nitro benzene ring substituents is 1. The summed E-state index contributed by atoms with van der Waals surface area (Å²) in [4.78, 5) is 64.8. The van der Waals surface area contributed by atoms with Crippen LogP contribution in [0.25, 0.3) is 0 Å². The van der Waals surface area contributed by atoms with Gasteiger partial charge in [0, 0.05) is 19.0 Å². The standard InChI is InChI=1S/C27H17Cl4N3O8/c1-11-7-14(4-6-15(11)33-25(36)19-20(26(33)37)22(29)24(31)23(30)21(19)28)42-27(38)12-8-18(35)32(10-12)16-5-3-13(34(39)40)9-17(16)41-2/h3-7,9,12H,8,10H2,1-2H3/t12-/m0/s1. The molecule has 5 rings (SSSR count). The number of amides is 3. The van der Waals surface area contributed by atoms with Crippen LogP contribution >= 0.6 is 46.4 Å². The maximum Gasteiger partial charge on any atom is 0.316 e. The third kappa shape index (κ3) is 4.82. The molecule has 0 saturated carbocycles. The number of anilines is 2. The van der Waals surface area contributed by atoms with Crippen molar-refractivity contribution in [2.45, 2.75) is 13.3 Å². The van der Waals surface area contributed by atoms with E-state index in [1.54, 1.807) is 6.92 Å². The summed E-state index contributed by atoms with van der Waals surface area (Å²) in [5.41, 5.74) is 0.323. The van der Waals surface area contributed by atoms with Crippen LogP contribution in [0.5, 0.6) is 11.5 Å². The first-order valence-corrected chi connectivity index (χ1v) is 13.6. The molecule has 15 heteroatoms. The number of halogens is 4. The first-order valence-electron chi connectivity index (χ1n) is 12.1. The van der Waals surface area contributed by atoms with Crippen molar-refractivity contribution in [1.82, 2.24) is 0 Å².